The van der Waals surface area contributed by atoms with Crippen molar-refractivity contribution in [3.63, 3.8) is 0 Å². The van der Waals surface area contributed by atoms with E-state index in [1.165, 1.54) is 0 Å². The Hall–Kier alpha value is -4.47. The molecule has 0 saturated heterocycles. The quantitative estimate of drug-likeness (QED) is 0.340. The molecule has 0 radical (unpaired) electrons. The number of nitrogens with zero attached hydrogens (tertiary/aromatic N) is 7. The lowest BCUT2D eigenvalue weighted by atomic mass is 10.3. The maximum absolute atomic E-state index is 4.88. The van der Waals surface area contributed by atoms with E-state index in [1.807, 2.05) is 60.1 Å². The van der Waals surface area contributed by atoms with Gasteiger partial charge < -0.3 is 14.9 Å². The molecule has 0 aliphatic rings. The lowest BCUT2D eigenvalue weighted by Crippen LogP contribution is -2.09. The molecule has 6 rings (SSSR count). The van der Waals surface area contributed by atoms with E-state index in [9.17, 15) is 0 Å². The Morgan fingerprint density at radius 2 is 1.71 bits per heavy atom. The summed E-state index contributed by atoms with van der Waals surface area (Å²) < 4.78 is 4.08. The molecule has 10 heteroatoms. The van der Waals surface area contributed by atoms with E-state index in [1.54, 1.807) is 6.33 Å². The van der Waals surface area contributed by atoms with Gasteiger partial charge in [0.05, 0.1) is 28.6 Å². The maximum Gasteiger partial charge on any atom is 0.212 e. The first kappa shape index (κ1) is 20.2. The number of imidazole rings is 3. The molecule has 0 spiro atoms. The van der Waals surface area contributed by atoms with Crippen LogP contribution in [0.4, 0.5) is 17.7 Å². The molecule has 2 aromatic carbocycles. The van der Waals surface area contributed by atoms with Crippen molar-refractivity contribution in [2.75, 3.05) is 10.6 Å². The Morgan fingerprint density at radius 3 is 2.50 bits per heavy atom. The van der Waals surface area contributed by atoms with E-state index in [-0.39, 0.29) is 6.04 Å². The molecule has 3 N–H and O–H groups in total. The molecule has 0 bridgehead atoms. The number of aromatic amines is 1. The average Bonchev–Trinajstić information content (AvgIpc) is 3.51. The molecule has 6 aromatic rings. The molecule has 0 aliphatic carbocycles. The van der Waals surface area contributed by atoms with Gasteiger partial charge in [-0.2, -0.15) is 0 Å². The normalized spacial score (nSPS) is 11.8. The number of para-hydroxylation sites is 4. The van der Waals surface area contributed by atoms with Crippen LogP contribution in [0.1, 0.15) is 25.7 Å². The minimum atomic E-state index is 0.125. The highest BCUT2D eigenvalue weighted by Gasteiger charge is 2.20. The largest absolute Gasteiger partial charge is 0.361 e. The minimum absolute atomic E-state index is 0.125. The van der Waals surface area contributed by atoms with Crippen molar-refractivity contribution in [1.29, 1.82) is 0 Å². The zero-order valence-corrected chi connectivity index (χ0v) is 19.1. The Bertz CT molecular complexity index is 1610. The minimum Gasteiger partial charge on any atom is -0.361 e. The van der Waals surface area contributed by atoms with Crippen LogP contribution in [0.2, 0.25) is 0 Å². The summed E-state index contributed by atoms with van der Waals surface area (Å²) in [5.41, 5.74) is 5.35. The molecule has 0 saturated carbocycles. The summed E-state index contributed by atoms with van der Waals surface area (Å²) >= 11 is 0. The Balaban J connectivity index is 1.36. The van der Waals surface area contributed by atoms with E-state index >= 15 is 0 Å². The predicted octanol–water partition coefficient (Wildman–Crippen LogP) is 4.53. The van der Waals surface area contributed by atoms with E-state index in [2.05, 4.69) is 49.0 Å². The van der Waals surface area contributed by atoms with Crippen LogP contribution >= 0.6 is 0 Å². The van der Waals surface area contributed by atoms with Crippen molar-refractivity contribution in [3.8, 4) is 0 Å². The fourth-order valence-corrected chi connectivity index (χ4v) is 4.23. The number of anilines is 3. The second-order valence-corrected chi connectivity index (χ2v) is 8.46. The summed E-state index contributed by atoms with van der Waals surface area (Å²) in [5, 5.41) is 6.78. The number of aryl methyl sites for hydroxylation is 1. The van der Waals surface area contributed by atoms with Gasteiger partial charge in [-0.25, -0.2) is 24.9 Å². The van der Waals surface area contributed by atoms with E-state index in [4.69, 9.17) is 9.97 Å². The number of fused-ring (bicyclic) bond motifs is 3. The third-order valence-electron chi connectivity index (χ3n) is 5.87. The van der Waals surface area contributed by atoms with Gasteiger partial charge in [0.15, 0.2) is 17.0 Å². The number of hydrogen-bond donors (Lipinski definition) is 3. The first-order valence-electron chi connectivity index (χ1n) is 11.2. The predicted molar refractivity (Wildman–Crippen MR) is 133 cm³/mol. The Labute approximate surface area is 195 Å². The molecule has 0 amide bonds. The van der Waals surface area contributed by atoms with E-state index < -0.39 is 0 Å². The number of hydrogen-bond acceptors (Lipinski definition) is 7. The molecule has 0 atom stereocenters. The van der Waals surface area contributed by atoms with Crippen LogP contribution in [0.25, 0.3) is 33.2 Å². The fraction of sp³-hybridized carbons (Fsp3) is 0.208. The van der Waals surface area contributed by atoms with Crippen molar-refractivity contribution in [2.45, 2.75) is 26.4 Å². The van der Waals surface area contributed by atoms with Crippen LogP contribution in [-0.2, 0) is 13.6 Å². The first-order valence-corrected chi connectivity index (χ1v) is 11.2. The highest BCUT2D eigenvalue weighted by molar-refractivity contribution is 5.86. The van der Waals surface area contributed by atoms with Gasteiger partial charge in [-0.1, -0.05) is 24.3 Å². The number of rotatable bonds is 6. The molecule has 4 aromatic heterocycles. The van der Waals surface area contributed by atoms with Gasteiger partial charge in [0.2, 0.25) is 11.9 Å². The first-order chi connectivity index (χ1) is 16.6. The van der Waals surface area contributed by atoms with Gasteiger partial charge in [0.1, 0.15) is 12.2 Å². The molecule has 34 heavy (non-hydrogen) atoms. The molecular weight excluding hydrogens is 428 g/mol. The number of H-pyrrole nitrogens is 1. The van der Waals surface area contributed by atoms with Gasteiger partial charge in [-0.3, -0.25) is 9.88 Å². The van der Waals surface area contributed by atoms with Crippen molar-refractivity contribution < 1.29 is 0 Å². The van der Waals surface area contributed by atoms with Gasteiger partial charge in [-0.05, 0) is 38.1 Å². The highest BCUT2D eigenvalue weighted by Crippen LogP contribution is 2.29. The number of aromatic nitrogens is 8. The molecule has 170 valence electrons. The van der Waals surface area contributed by atoms with Crippen molar-refractivity contribution >= 4 is 50.9 Å². The highest BCUT2D eigenvalue weighted by atomic mass is 15.3. The zero-order valence-electron chi connectivity index (χ0n) is 19.1. The summed E-state index contributed by atoms with van der Waals surface area (Å²) in [6.45, 7) is 4.69. The zero-order chi connectivity index (χ0) is 23.2. The Morgan fingerprint density at radius 1 is 0.912 bits per heavy atom. The standard InChI is InChI=1S/C24H24N10/c1-14(2)34-22-20(31-24(34)32-23-30-17-10-6-7-11-18(17)33(23)3)21(26-13-27-22)25-12-19-28-15-8-4-5-9-16(15)29-19/h4-11,13-14H,12H2,1-3H3,(H,28,29)(H,25,26,27)(H,30,31,32). The molecule has 0 unspecified atom stereocenters. The molecule has 10 nitrogen and oxygen atoms in total. The van der Waals surface area contributed by atoms with Gasteiger partial charge >= 0.3 is 0 Å². The maximum atomic E-state index is 4.88. The SMILES string of the molecule is CC(C)n1c(Nc2nc3ccccc3n2C)nc2c(NCc3nc4ccccc4[nH]3)ncnc21. The van der Waals surface area contributed by atoms with Crippen molar-refractivity contribution in [2.24, 2.45) is 7.05 Å². The second kappa shape index (κ2) is 7.84. The van der Waals surface area contributed by atoms with Crippen LogP contribution in [0.3, 0.4) is 0 Å². The summed E-state index contributed by atoms with van der Waals surface area (Å²) in [6.07, 6.45) is 1.56. The summed E-state index contributed by atoms with van der Waals surface area (Å²) in [4.78, 5) is 26.6. The molecule has 0 aliphatic heterocycles. The third kappa shape index (κ3) is 3.31. The van der Waals surface area contributed by atoms with Crippen LogP contribution in [0.15, 0.2) is 54.9 Å². The molecule has 4 heterocycles. The topological polar surface area (TPSA) is 114 Å². The summed E-state index contributed by atoms with van der Waals surface area (Å²) in [6, 6.07) is 16.1. The van der Waals surface area contributed by atoms with Crippen LogP contribution in [-0.4, -0.2) is 39.0 Å². The van der Waals surface area contributed by atoms with Gasteiger partial charge in [-0.15, -0.1) is 0 Å². The van der Waals surface area contributed by atoms with Crippen LogP contribution in [0.5, 0.6) is 0 Å². The number of benzene rings is 2. The summed E-state index contributed by atoms with van der Waals surface area (Å²) in [7, 11) is 1.99. The smallest absolute Gasteiger partial charge is 0.212 e. The lowest BCUT2D eigenvalue weighted by molar-refractivity contribution is 0.620. The lowest BCUT2D eigenvalue weighted by Gasteiger charge is -2.13. The monoisotopic (exact) mass is 452 g/mol. The van der Waals surface area contributed by atoms with Crippen molar-refractivity contribution in [3.05, 3.63) is 60.7 Å². The Kier molecular flexibility index (Phi) is 4.65. The van der Waals surface area contributed by atoms with Crippen LogP contribution in [0, 0.1) is 0 Å². The summed E-state index contributed by atoms with van der Waals surface area (Å²) in [5.74, 6) is 2.85. The molecular formula is C24H24N10. The second-order valence-electron chi connectivity index (χ2n) is 8.46. The van der Waals surface area contributed by atoms with Gasteiger partial charge in [0, 0.05) is 13.1 Å². The van der Waals surface area contributed by atoms with E-state index in [0.29, 0.717) is 29.8 Å². The van der Waals surface area contributed by atoms with Crippen molar-refractivity contribution in [1.82, 2.24) is 39.0 Å². The van der Waals surface area contributed by atoms with Crippen LogP contribution < -0.4 is 10.6 Å². The number of nitrogens with one attached hydrogen (secondary N) is 3. The average molecular weight is 453 g/mol. The third-order valence-corrected chi connectivity index (χ3v) is 5.87. The fourth-order valence-electron chi connectivity index (χ4n) is 4.23. The molecule has 0 fully saturated rings. The van der Waals surface area contributed by atoms with Gasteiger partial charge in [0.25, 0.3) is 0 Å². The van der Waals surface area contributed by atoms with E-state index in [0.717, 1.165) is 33.5 Å².